The van der Waals surface area contributed by atoms with Crippen LogP contribution in [-0.2, 0) is 6.54 Å². The second-order valence-electron chi connectivity index (χ2n) is 9.80. The predicted octanol–water partition coefficient (Wildman–Crippen LogP) is 2.81. The number of nitrogens with two attached hydrogens (primary N) is 1. The number of hydrogen-bond acceptors (Lipinski definition) is 10. The molecule has 0 saturated carbocycles. The molecule has 1 aliphatic rings. The van der Waals surface area contributed by atoms with Crippen molar-refractivity contribution in [2.75, 3.05) is 37.9 Å². The van der Waals surface area contributed by atoms with Gasteiger partial charge in [0, 0.05) is 30.7 Å². The van der Waals surface area contributed by atoms with Crippen molar-refractivity contribution >= 4 is 22.8 Å². The summed E-state index contributed by atoms with van der Waals surface area (Å²) in [6.07, 6.45) is 6.31. The Balaban J connectivity index is 1.59. The molecular weight excluding hydrogens is 458 g/mol. The summed E-state index contributed by atoms with van der Waals surface area (Å²) in [7, 11) is 1.66. The van der Waals surface area contributed by atoms with E-state index < -0.39 is 0 Å². The number of nitrogen functional groups attached to an aromatic ring is 1. The lowest BCUT2D eigenvalue weighted by Crippen LogP contribution is -2.38. The highest BCUT2D eigenvalue weighted by Crippen LogP contribution is 2.31. The number of likely N-dealkylation sites (tertiary alicyclic amines) is 1. The van der Waals surface area contributed by atoms with Crippen molar-refractivity contribution in [3.63, 3.8) is 0 Å². The van der Waals surface area contributed by atoms with E-state index in [4.69, 9.17) is 10.5 Å². The van der Waals surface area contributed by atoms with E-state index in [1.165, 1.54) is 0 Å². The van der Waals surface area contributed by atoms with Crippen LogP contribution in [0.25, 0.3) is 11.0 Å². The molecule has 4 rings (SSSR count). The fraction of sp³-hybridized carbons (Fsp3) is 0.640. The first-order chi connectivity index (χ1) is 17.4. The zero-order chi connectivity index (χ0) is 25.7. The molecule has 36 heavy (non-hydrogen) atoms. The van der Waals surface area contributed by atoms with E-state index in [1.807, 2.05) is 6.07 Å². The van der Waals surface area contributed by atoms with Gasteiger partial charge in [-0.1, -0.05) is 13.3 Å². The molecule has 1 atom stereocenters. The second kappa shape index (κ2) is 11.8. The van der Waals surface area contributed by atoms with E-state index in [-0.39, 0.29) is 18.6 Å². The summed E-state index contributed by atoms with van der Waals surface area (Å²) in [6, 6.07) is 2.66. The number of nitrogens with zero attached hydrogens (tertiary/aromatic N) is 7. The molecular formula is C25H39N9O2. The molecule has 196 valence electrons. The Morgan fingerprint density at radius 1 is 1.19 bits per heavy atom. The molecule has 0 unspecified atom stereocenters. The number of methoxy groups -OCH3 is 1. The van der Waals surface area contributed by atoms with Gasteiger partial charge in [0.25, 0.3) is 0 Å². The number of nitrogens with one attached hydrogen (secondary N) is 1. The van der Waals surface area contributed by atoms with Gasteiger partial charge in [0.2, 0.25) is 5.95 Å². The van der Waals surface area contributed by atoms with E-state index >= 15 is 0 Å². The number of fused-ring (bicyclic) bond motifs is 1. The maximum atomic E-state index is 9.48. The lowest BCUT2D eigenvalue weighted by atomic mass is 9.92. The lowest BCUT2D eigenvalue weighted by molar-refractivity contribution is 0.170. The van der Waals surface area contributed by atoms with E-state index in [0.717, 1.165) is 50.0 Å². The summed E-state index contributed by atoms with van der Waals surface area (Å²) in [4.78, 5) is 11.3. The number of aliphatic hydroxyl groups excluding tert-OH is 1. The van der Waals surface area contributed by atoms with Crippen molar-refractivity contribution in [2.24, 2.45) is 0 Å². The molecule has 11 heteroatoms. The monoisotopic (exact) mass is 497 g/mol. The SMILES string of the molecule is CCC[C@@H](CCO)Nc1nc(N)nc2cnn(Cc3nnc(C4CCN(C(C)C)CC4)cc3OC)c12. The van der Waals surface area contributed by atoms with Crippen LogP contribution in [-0.4, -0.2) is 78.8 Å². The van der Waals surface area contributed by atoms with Gasteiger partial charge in [-0.2, -0.15) is 15.2 Å². The average Bonchev–Trinajstić information content (AvgIpc) is 3.27. The Morgan fingerprint density at radius 3 is 2.64 bits per heavy atom. The third-order valence-corrected chi connectivity index (χ3v) is 7.01. The van der Waals surface area contributed by atoms with Crippen LogP contribution in [0.3, 0.4) is 0 Å². The molecule has 11 nitrogen and oxygen atoms in total. The van der Waals surface area contributed by atoms with Gasteiger partial charge in [-0.15, -0.1) is 5.10 Å². The zero-order valence-corrected chi connectivity index (χ0v) is 21.8. The molecule has 1 saturated heterocycles. The molecule has 0 amide bonds. The van der Waals surface area contributed by atoms with Gasteiger partial charge in [-0.05, 0) is 52.6 Å². The van der Waals surface area contributed by atoms with E-state index in [9.17, 15) is 5.11 Å². The van der Waals surface area contributed by atoms with Crippen LogP contribution >= 0.6 is 0 Å². The highest BCUT2D eigenvalue weighted by molar-refractivity contribution is 5.86. The van der Waals surface area contributed by atoms with Gasteiger partial charge in [0.05, 0.1) is 25.5 Å². The van der Waals surface area contributed by atoms with Gasteiger partial charge in [0.15, 0.2) is 5.82 Å². The van der Waals surface area contributed by atoms with Crippen LogP contribution in [0.5, 0.6) is 5.75 Å². The molecule has 0 radical (unpaired) electrons. The Hall–Kier alpha value is -3.05. The fourth-order valence-electron chi connectivity index (χ4n) is 4.98. The number of aromatic nitrogens is 6. The predicted molar refractivity (Wildman–Crippen MR) is 140 cm³/mol. The number of rotatable bonds is 11. The van der Waals surface area contributed by atoms with Gasteiger partial charge in [0.1, 0.15) is 22.5 Å². The number of piperidine rings is 1. The summed E-state index contributed by atoms with van der Waals surface area (Å²) in [5.41, 5.74) is 9.02. The van der Waals surface area contributed by atoms with E-state index in [2.05, 4.69) is 56.3 Å². The van der Waals surface area contributed by atoms with Gasteiger partial charge in [-0.25, -0.2) is 4.98 Å². The molecule has 4 heterocycles. The Morgan fingerprint density at radius 2 is 1.97 bits per heavy atom. The second-order valence-corrected chi connectivity index (χ2v) is 9.80. The first kappa shape index (κ1) is 26.0. The van der Waals surface area contributed by atoms with Crippen molar-refractivity contribution in [1.29, 1.82) is 0 Å². The van der Waals surface area contributed by atoms with Crippen molar-refractivity contribution in [2.45, 2.75) is 77.4 Å². The fourth-order valence-corrected chi connectivity index (χ4v) is 4.98. The van der Waals surface area contributed by atoms with Crippen molar-refractivity contribution < 1.29 is 9.84 Å². The Labute approximate surface area is 212 Å². The third-order valence-electron chi connectivity index (χ3n) is 7.01. The van der Waals surface area contributed by atoms with Crippen molar-refractivity contribution in [1.82, 2.24) is 34.8 Å². The zero-order valence-electron chi connectivity index (χ0n) is 21.8. The molecule has 0 aromatic carbocycles. The summed E-state index contributed by atoms with van der Waals surface area (Å²) >= 11 is 0. The summed E-state index contributed by atoms with van der Waals surface area (Å²) in [6.45, 7) is 9.19. The molecule has 0 spiro atoms. The first-order valence-electron chi connectivity index (χ1n) is 12.9. The number of anilines is 2. The lowest BCUT2D eigenvalue weighted by Gasteiger charge is -2.34. The Bertz CT molecular complexity index is 1140. The minimum atomic E-state index is 0.0663. The highest BCUT2D eigenvalue weighted by atomic mass is 16.5. The number of aliphatic hydroxyl groups is 1. The largest absolute Gasteiger partial charge is 0.495 e. The smallest absolute Gasteiger partial charge is 0.222 e. The minimum Gasteiger partial charge on any atom is -0.495 e. The van der Waals surface area contributed by atoms with Crippen molar-refractivity contribution in [3.8, 4) is 5.75 Å². The minimum absolute atomic E-state index is 0.0663. The van der Waals surface area contributed by atoms with Crippen LogP contribution < -0.4 is 15.8 Å². The summed E-state index contributed by atoms with van der Waals surface area (Å²) in [5.74, 6) is 1.86. The number of ether oxygens (including phenoxy) is 1. The maximum absolute atomic E-state index is 9.48. The molecule has 3 aromatic heterocycles. The Kier molecular flexibility index (Phi) is 8.52. The normalized spacial score (nSPS) is 16.1. The van der Waals surface area contributed by atoms with Crippen LogP contribution in [0.4, 0.5) is 11.8 Å². The van der Waals surface area contributed by atoms with Crippen LogP contribution in [0.2, 0.25) is 0 Å². The van der Waals surface area contributed by atoms with Crippen LogP contribution in [0.15, 0.2) is 12.3 Å². The average molecular weight is 498 g/mol. The molecule has 4 N–H and O–H groups in total. The molecule has 1 aliphatic heterocycles. The third kappa shape index (κ3) is 5.84. The van der Waals surface area contributed by atoms with E-state index in [0.29, 0.717) is 47.7 Å². The molecule has 0 bridgehead atoms. The first-order valence-corrected chi connectivity index (χ1v) is 12.9. The summed E-state index contributed by atoms with van der Waals surface area (Å²) in [5, 5.41) is 26.6. The van der Waals surface area contributed by atoms with Gasteiger partial charge < -0.3 is 25.8 Å². The molecule has 1 fully saturated rings. The van der Waals surface area contributed by atoms with E-state index in [1.54, 1.807) is 18.0 Å². The molecule has 3 aromatic rings. The standard InChI is InChI=1S/C25H39N9O2/c1-5-6-18(9-12-35)28-24-23-20(29-25(26)30-24)14-27-34(23)15-21-22(36-4)13-19(31-32-21)17-7-10-33(11-8-17)16(2)3/h13-14,16-18,35H,5-12,15H2,1-4H3,(H3,26,28,29,30)/t18-/m0/s1. The summed E-state index contributed by atoms with van der Waals surface area (Å²) < 4.78 is 7.52. The molecule has 0 aliphatic carbocycles. The van der Waals surface area contributed by atoms with Crippen LogP contribution in [0.1, 0.15) is 70.2 Å². The van der Waals surface area contributed by atoms with Gasteiger partial charge in [-0.3, -0.25) is 4.68 Å². The van der Waals surface area contributed by atoms with Gasteiger partial charge >= 0.3 is 0 Å². The topological polar surface area (TPSA) is 140 Å². The maximum Gasteiger partial charge on any atom is 0.222 e. The quantitative estimate of drug-likeness (QED) is 0.362. The number of hydrogen-bond donors (Lipinski definition) is 3. The van der Waals surface area contributed by atoms with Crippen LogP contribution in [0, 0.1) is 0 Å². The van der Waals surface area contributed by atoms with Crippen molar-refractivity contribution in [3.05, 3.63) is 23.7 Å². The highest BCUT2D eigenvalue weighted by Gasteiger charge is 2.25.